The third kappa shape index (κ3) is 4.64. The number of carbonyl (C=O) groups excluding carboxylic acids is 1. The molecule has 2 rings (SSSR count). The van der Waals surface area contributed by atoms with Gasteiger partial charge in [0.05, 0.1) is 13.7 Å². The van der Waals surface area contributed by atoms with Crippen LogP contribution in [0, 0.1) is 0 Å². The smallest absolute Gasteiger partial charge is 0.238 e. The van der Waals surface area contributed by atoms with Crippen LogP contribution >= 0.6 is 11.8 Å². The Hall–Kier alpha value is -1.20. The molecule has 116 valence electrons. The summed E-state index contributed by atoms with van der Waals surface area (Å²) in [5.74, 6) is 0.781. The van der Waals surface area contributed by atoms with Gasteiger partial charge < -0.3 is 15.4 Å². The van der Waals surface area contributed by atoms with Crippen LogP contribution in [0.4, 0.5) is 5.69 Å². The van der Waals surface area contributed by atoms with Crippen LogP contribution in [0.2, 0.25) is 0 Å². The lowest BCUT2D eigenvalue weighted by atomic mass is 10.1. The fourth-order valence-corrected chi connectivity index (χ4v) is 3.70. The molecule has 0 heterocycles. The number of methoxy groups -OCH3 is 1. The standard InChI is InChI=1S/C16H24N2O2S/c1-20-14-7-5-13(6-8-14)18-15(19)11-17-12-16(21-2)9-3-4-10-16/h5-8,17H,3-4,9-12H2,1-2H3,(H,18,19). The molecule has 5 heteroatoms. The zero-order chi connectivity index (χ0) is 15.1. The first-order valence-corrected chi connectivity index (χ1v) is 8.60. The van der Waals surface area contributed by atoms with Crippen molar-refractivity contribution in [3.8, 4) is 5.75 Å². The maximum absolute atomic E-state index is 11.9. The number of carbonyl (C=O) groups is 1. The SMILES string of the molecule is COc1ccc(NC(=O)CNCC2(SC)CCCC2)cc1. The molecule has 0 aromatic heterocycles. The molecule has 1 saturated carbocycles. The highest BCUT2D eigenvalue weighted by Gasteiger charge is 2.32. The van der Waals surface area contributed by atoms with Crippen LogP contribution in [0.5, 0.6) is 5.75 Å². The van der Waals surface area contributed by atoms with Gasteiger partial charge >= 0.3 is 0 Å². The molecule has 1 aliphatic rings. The molecule has 1 aliphatic carbocycles. The largest absolute Gasteiger partial charge is 0.497 e. The van der Waals surface area contributed by atoms with E-state index in [0.717, 1.165) is 18.0 Å². The van der Waals surface area contributed by atoms with E-state index in [4.69, 9.17) is 4.74 Å². The number of hydrogen-bond donors (Lipinski definition) is 2. The number of benzene rings is 1. The molecule has 1 aromatic rings. The minimum atomic E-state index is -0.00517. The highest BCUT2D eigenvalue weighted by Crippen LogP contribution is 2.39. The highest BCUT2D eigenvalue weighted by molar-refractivity contribution is 8.00. The third-order valence-electron chi connectivity index (χ3n) is 4.05. The van der Waals surface area contributed by atoms with Crippen LogP contribution in [0.1, 0.15) is 25.7 Å². The van der Waals surface area contributed by atoms with E-state index in [0.29, 0.717) is 11.3 Å². The second kappa shape index (κ2) is 7.71. The molecular weight excluding hydrogens is 284 g/mol. The molecule has 4 nitrogen and oxygen atoms in total. The first-order chi connectivity index (χ1) is 10.2. The summed E-state index contributed by atoms with van der Waals surface area (Å²) in [6, 6.07) is 7.36. The summed E-state index contributed by atoms with van der Waals surface area (Å²) in [5, 5.41) is 6.19. The zero-order valence-corrected chi connectivity index (χ0v) is 13.6. The fraction of sp³-hybridized carbons (Fsp3) is 0.562. The minimum absolute atomic E-state index is 0.00517. The molecule has 0 spiro atoms. The van der Waals surface area contributed by atoms with Crippen molar-refractivity contribution in [2.45, 2.75) is 30.4 Å². The van der Waals surface area contributed by atoms with Gasteiger partial charge in [-0.15, -0.1) is 0 Å². The van der Waals surface area contributed by atoms with Gasteiger partial charge in [0, 0.05) is 17.0 Å². The predicted octanol–water partition coefficient (Wildman–Crippen LogP) is 2.90. The Kier molecular flexibility index (Phi) is 5.94. The van der Waals surface area contributed by atoms with Crippen LogP contribution in [-0.2, 0) is 4.79 Å². The maximum atomic E-state index is 11.9. The molecule has 0 radical (unpaired) electrons. The molecule has 1 fully saturated rings. The molecule has 0 unspecified atom stereocenters. The summed E-state index contributed by atoms with van der Waals surface area (Å²) >= 11 is 1.93. The first-order valence-electron chi connectivity index (χ1n) is 7.37. The molecule has 0 bridgehead atoms. The van der Waals surface area contributed by atoms with Gasteiger partial charge in [0.25, 0.3) is 0 Å². The van der Waals surface area contributed by atoms with Crippen LogP contribution < -0.4 is 15.4 Å². The van der Waals surface area contributed by atoms with E-state index in [1.807, 2.05) is 36.0 Å². The van der Waals surface area contributed by atoms with Gasteiger partial charge in [0.15, 0.2) is 0 Å². The predicted molar refractivity (Wildman–Crippen MR) is 89.2 cm³/mol. The van der Waals surface area contributed by atoms with Crippen molar-refractivity contribution in [3.05, 3.63) is 24.3 Å². The van der Waals surface area contributed by atoms with E-state index in [1.165, 1.54) is 25.7 Å². The first kappa shape index (κ1) is 16.2. The molecule has 0 aliphatic heterocycles. The van der Waals surface area contributed by atoms with Crippen molar-refractivity contribution < 1.29 is 9.53 Å². The van der Waals surface area contributed by atoms with Gasteiger partial charge in [0.2, 0.25) is 5.91 Å². The molecule has 1 aromatic carbocycles. The normalized spacial score (nSPS) is 16.7. The second-order valence-electron chi connectivity index (χ2n) is 5.47. The van der Waals surface area contributed by atoms with Crippen LogP contribution in [0.3, 0.4) is 0 Å². The number of amides is 1. The van der Waals surface area contributed by atoms with Gasteiger partial charge in [-0.05, 0) is 43.4 Å². The van der Waals surface area contributed by atoms with Crippen LogP contribution in [-0.4, -0.2) is 37.1 Å². The monoisotopic (exact) mass is 308 g/mol. The maximum Gasteiger partial charge on any atom is 0.238 e. The lowest BCUT2D eigenvalue weighted by Crippen LogP contribution is -2.39. The van der Waals surface area contributed by atoms with E-state index in [1.54, 1.807) is 7.11 Å². The Morgan fingerprint density at radius 2 is 1.95 bits per heavy atom. The molecule has 0 saturated heterocycles. The number of hydrogen-bond acceptors (Lipinski definition) is 4. The Morgan fingerprint density at radius 1 is 1.29 bits per heavy atom. The average molecular weight is 308 g/mol. The summed E-state index contributed by atoms with van der Waals surface area (Å²) in [7, 11) is 1.63. The topological polar surface area (TPSA) is 50.4 Å². The minimum Gasteiger partial charge on any atom is -0.497 e. The summed E-state index contributed by atoms with van der Waals surface area (Å²) in [4.78, 5) is 11.9. The van der Waals surface area contributed by atoms with Crippen molar-refractivity contribution >= 4 is 23.4 Å². The summed E-state index contributed by atoms with van der Waals surface area (Å²) in [5.41, 5.74) is 0.794. The van der Waals surface area contributed by atoms with Gasteiger partial charge in [-0.2, -0.15) is 11.8 Å². The number of nitrogens with one attached hydrogen (secondary N) is 2. The average Bonchev–Trinajstić information content (AvgIpc) is 2.97. The quantitative estimate of drug-likeness (QED) is 0.813. The number of thioether (sulfide) groups is 1. The molecule has 21 heavy (non-hydrogen) atoms. The lowest BCUT2D eigenvalue weighted by Gasteiger charge is -2.26. The van der Waals surface area contributed by atoms with E-state index in [9.17, 15) is 4.79 Å². The fourth-order valence-electron chi connectivity index (χ4n) is 2.76. The Labute approximate surface area is 131 Å². The molecular formula is C16H24N2O2S. The molecule has 2 N–H and O–H groups in total. The van der Waals surface area contributed by atoms with Gasteiger partial charge in [-0.1, -0.05) is 12.8 Å². The van der Waals surface area contributed by atoms with Gasteiger partial charge in [-0.25, -0.2) is 0 Å². The van der Waals surface area contributed by atoms with Crippen LogP contribution in [0.25, 0.3) is 0 Å². The van der Waals surface area contributed by atoms with Gasteiger partial charge in [-0.3, -0.25) is 4.79 Å². The van der Waals surface area contributed by atoms with Crippen molar-refractivity contribution in [2.75, 3.05) is 31.8 Å². The Bertz CT molecular complexity index is 456. The van der Waals surface area contributed by atoms with Crippen molar-refractivity contribution in [1.29, 1.82) is 0 Å². The number of anilines is 1. The summed E-state index contributed by atoms with van der Waals surface area (Å²) in [6.07, 6.45) is 7.29. The molecule has 1 amide bonds. The van der Waals surface area contributed by atoms with E-state index < -0.39 is 0 Å². The van der Waals surface area contributed by atoms with E-state index in [-0.39, 0.29) is 5.91 Å². The molecule has 0 atom stereocenters. The van der Waals surface area contributed by atoms with Crippen LogP contribution in [0.15, 0.2) is 24.3 Å². The van der Waals surface area contributed by atoms with E-state index in [2.05, 4.69) is 16.9 Å². The second-order valence-corrected chi connectivity index (χ2v) is 6.75. The third-order valence-corrected chi connectivity index (χ3v) is 5.47. The Balaban J connectivity index is 1.74. The van der Waals surface area contributed by atoms with Crippen molar-refractivity contribution in [3.63, 3.8) is 0 Å². The van der Waals surface area contributed by atoms with E-state index >= 15 is 0 Å². The lowest BCUT2D eigenvalue weighted by molar-refractivity contribution is -0.115. The summed E-state index contributed by atoms with van der Waals surface area (Å²) < 4.78 is 5.43. The highest BCUT2D eigenvalue weighted by atomic mass is 32.2. The summed E-state index contributed by atoms with van der Waals surface area (Å²) in [6.45, 7) is 1.26. The van der Waals surface area contributed by atoms with Gasteiger partial charge in [0.1, 0.15) is 5.75 Å². The van der Waals surface area contributed by atoms with Crippen molar-refractivity contribution in [1.82, 2.24) is 5.32 Å². The number of rotatable bonds is 7. The Morgan fingerprint density at radius 3 is 2.52 bits per heavy atom. The zero-order valence-electron chi connectivity index (χ0n) is 12.8. The number of ether oxygens (including phenoxy) is 1. The van der Waals surface area contributed by atoms with Crippen molar-refractivity contribution in [2.24, 2.45) is 0 Å².